The number of carbonyl (C=O) groups is 2. The Morgan fingerprint density at radius 1 is 1.61 bits per heavy atom. The summed E-state index contributed by atoms with van der Waals surface area (Å²) in [6.45, 7) is 7.33. The van der Waals surface area contributed by atoms with Gasteiger partial charge in [-0.25, -0.2) is 9.59 Å². The van der Waals surface area contributed by atoms with E-state index in [1.165, 1.54) is 6.08 Å². The van der Waals surface area contributed by atoms with Crippen LogP contribution in [0.5, 0.6) is 0 Å². The van der Waals surface area contributed by atoms with E-state index in [9.17, 15) is 9.59 Å². The molecule has 0 aliphatic heterocycles. The van der Waals surface area contributed by atoms with Gasteiger partial charge in [-0.2, -0.15) is 0 Å². The van der Waals surface area contributed by atoms with Crippen LogP contribution in [0.2, 0.25) is 0 Å². The van der Waals surface area contributed by atoms with Gasteiger partial charge in [0.15, 0.2) is 0 Å². The van der Waals surface area contributed by atoms with E-state index in [0.29, 0.717) is 10.6 Å². The summed E-state index contributed by atoms with van der Waals surface area (Å²) in [6.07, 6.45) is 0.833. The number of rotatable bonds is 5. The van der Waals surface area contributed by atoms with Crippen molar-refractivity contribution in [3.8, 4) is 0 Å². The van der Waals surface area contributed by atoms with Crippen LogP contribution in [0.4, 0.5) is 9.80 Å². The molecular formula is C12H15NO4S. The Bertz CT molecular complexity index is 465. The third-order valence-corrected chi connectivity index (χ3v) is 3.19. The molecule has 2 N–H and O–H groups in total. The van der Waals surface area contributed by atoms with Crippen molar-refractivity contribution in [2.24, 2.45) is 0 Å². The highest BCUT2D eigenvalue weighted by molar-refractivity contribution is 7.18. The molecule has 98 valence electrons. The van der Waals surface area contributed by atoms with Crippen molar-refractivity contribution in [1.82, 2.24) is 0 Å². The maximum absolute atomic E-state index is 11.3. The zero-order chi connectivity index (χ0) is 13.7. The number of aromatic carboxylic acids is 1. The van der Waals surface area contributed by atoms with Crippen LogP contribution in [0.15, 0.2) is 18.7 Å². The molecule has 0 saturated heterocycles. The van der Waals surface area contributed by atoms with Gasteiger partial charge in [0.1, 0.15) is 11.5 Å². The first kappa shape index (κ1) is 14.2. The van der Waals surface area contributed by atoms with Gasteiger partial charge >= 0.3 is 12.1 Å². The van der Waals surface area contributed by atoms with Crippen LogP contribution in [-0.2, 0) is 4.74 Å². The minimum Gasteiger partial charge on any atom is -0.477 e. The molecule has 5 nitrogen and oxygen atoms in total. The highest BCUT2D eigenvalue weighted by atomic mass is 32.1. The fraction of sp³-hybridized carbons (Fsp3) is 0.333. The molecule has 0 aliphatic rings. The SMILES string of the molecule is C=CCOC(=O)Nc1cc(C(C)C)c(C(=O)O)s1. The molecule has 18 heavy (non-hydrogen) atoms. The van der Waals surface area contributed by atoms with Gasteiger partial charge in [0.2, 0.25) is 0 Å². The molecular weight excluding hydrogens is 254 g/mol. The van der Waals surface area contributed by atoms with Gasteiger partial charge in [0, 0.05) is 0 Å². The van der Waals surface area contributed by atoms with Gasteiger partial charge in [-0.1, -0.05) is 26.5 Å². The van der Waals surface area contributed by atoms with Crippen molar-refractivity contribution in [2.45, 2.75) is 19.8 Å². The lowest BCUT2D eigenvalue weighted by Crippen LogP contribution is -2.12. The summed E-state index contributed by atoms with van der Waals surface area (Å²) in [7, 11) is 0. The molecule has 0 aromatic carbocycles. The van der Waals surface area contributed by atoms with Gasteiger partial charge in [-0.3, -0.25) is 5.32 Å². The topological polar surface area (TPSA) is 75.6 Å². The summed E-state index contributed by atoms with van der Waals surface area (Å²) in [6, 6.07) is 1.66. The summed E-state index contributed by atoms with van der Waals surface area (Å²) in [4.78, 5) is 22.6. The summed E-state index contributed by atoms with van der Waals surface area (Å²) < 4.78 is 4.76. The molecule has 0 atom stereocenters. The monoisotopic (exact) mass is 269 g/mol. The smallest absolute Gasteiger partial charge is 0.412 e. The van der Waals surface area contributed by atoms with Crippen LogP contribution < -0.4 is 5.32 Å². The Balaban J connectivity index is 2.84. The Labute approximate surface area is 109 Å². The molecule has 0 radical (unpaired) electrons. The van der Waals surface area contributed by atoms with E-state index in [-0.39, 0.29) is 17.4 Å². The number of carbonyl (C=O) groups excluding carboxylic acids is 1. The molecule has 0 aliphatic carbocycles. The van der Waals surface area contributed by atoms with Gasteiger partial charge in [-0.05, 0) is 17.5 Å². The number of amides is 1. The Kier molecular flexibility index (Phi) is 4.91. The number of nitrogens with one attached hydrogen (secondary N) is 1. The van der Waals surface area contributed by atoms with E-state index in [1.54, 1.807) is 6.07 Å². The van der Waals surface area contributed by atoms with Gasteiger partial charge in [-0.15, -0.1) is 11.3 Å². The molecule has 1 aromatic heterocycles. The molecule has 0 fully saturated rings. The van der Waals surface area contributed by atoms with Crippen molar-refractivity contribution >= 4 is 28.4 Å². The van der Waals surface area contributed by atoms with Crippen molar-refractivity contribution < 1.29 is 19.4 Å². The number of hydrogen-bond acceptors (Lipinski definition) is 4. The fourth-order valence-corrected chi connectivity index (χ4v) is 2.37. The number of anilines is 1. The summed E-state index contributed by atoms with van der Waals surface area (Å²) in [5.41, 5.74) is 0.700. The summed E-state index contributed by atoms with van der Waals surface area (Å²) >= 11 is 1.02. The summed E-state index contributed by atoms with van der Waals surface area (Å²) in [5, 5.41) is 12.0. The van der Waals surface area contributed by atoms with Crippen molar-refractivity contribution in [1.29, 1.82) is 0 Å². The average molecular weight is 269 g/mol. The van der Waals surface area contributed by atoms with E-state index >= 15 is 0 Å². The van der Waals surface area contributed by atoms with E-state index < -0.39 is 12.1 Å². The molecule has 1 heterocycles. The largest absolute Gasteiger partial charge is 0.477 e. The first-order valence-corrected chi connectivity index (χ1v) is 6.19. The van der Waals surface area contributed by atoms with E-state index in [4.69, 9.17) is 9.84 Å². The zero-order valence-electron chi connectivity index (χ0n) is 10.2. The third kappa shape index (κ3) is 3.59. The molecule has 1 rings (SSSR count). The lowest BCUT2D eigenvalue weighted by molar-refractivity contribution is 0.0700. The minimum absolute atomic E-state index is 0.0760. The Morgan fingerprint density at radius 2 is 2.28 bits per heavy atom. The quantitative estimate of drug-likeness (QED) is 0.804. The van der Waals surface area contributed by atoms with Crippen molar-refractivity contribution in [3.63, 3.8) is 0 Å². The van der Waals surface area contributed by atoms with Crippen LogP contribution in [0.1, 0.15) is 35.0 Å². The average Bonchev–Trinajstić information content (AvgIpc) is 2.70. The zero-order valence-corrected chi connectivity index (χ0v) is 11.0. The molecule has 0 unspecified atom stereocenters. The van der Waals surface area contributed by atoms with Gasteiger partial charge in [0.05, 0.1) is 5.00 Å². The number of carboxylic acids is 1. The highest BCUT2D eigenvalue weighted by Crippen LogP contribution is 2.32. The van der Waals surface area contributed by atoms with Gasteiger partial charge in [0.25, 0.3) is 0 Å². The number of thiophene rings is 1. The fourth-order valence-electron chi connectivity index (χ4n) is 1.33. The Hall–Kier alpha value is -1.82. The van der Waals surface area contributed by atoms with Crippen LogP contribution in [0, 0.1) is 0 Å². The molecule has 1 amide bonds. The van der Waals surface area contributed by atoms with Crippen LogP contribution in [-0.4, -0.2) is 23.8 Å². The number of carboxylic acid groups (broad SMARTS) is 1. The minimum atomic E-state index is -0.990. The molecule has 0 saturated carbocycles. The third-order valence-electron chi connectivity index (χ3n) is 2.13. The lowest BCUT2D eigenvalue weighted by Gasteiger charge is -2.02. The van der Waals surface area contributed by atoms with E-state index in [2.05, 4.69) is 11.9 Å². The van der Waals surface area contributed by atoms with E-state index in [1.807, 2.05) is 13.8 Å². The predicted octanol–water partition coefficient (Wildman–Crippen LogP) is 3.30. The molecule has 1 aromatic rings. The second kappa shape index (κ2) is 6.20. The summed E-state index contributed by atoms with van der Waals surface area (Å²) in [5.74, 6) is -0.914. The first-order valence-electron chi connectivity index (χ1n) is 5.37. The predicted molar refractivity (Wildman–Crippen MR) is 70.5 cm³/mol. The normalized spacial score (nSPS) is 10.2. The lowest BCUT2D eigenvalue weighted by atomic mass is 10.0. The van der Waals surface area contributed by atoms with E-state index in [0.717, 1.165) is 11.3 Å². The number of hydrogen-bond donors (Lipinski definition) is 2. The standard InChI is InChI=1S/C12H15NO4S/c1-4-5-17-12(16)13-9-6-8(7(2)3)10(18-9)11(14)15/h4,6-7H,1,5H2,2-3H3,(H,13,16)(H,14,15). The molecule has 0 bridgehead atoms. The van der Waals surface area contributed by atoms with Crippen molar-refractivity contribution in [3.05, 3.63) is 29.2 Å². The second-order valence-electron chi connectivity index (χ2n) is 3.87. The number of ether oxygens (including phenoxy) is 1. The molecule has 6 heteroatoms. The first-order chi connectivity index (χ1) is 8.45. The van der Waals surface area contributed by atoms with Crippen LogP contribution >= 0.6 is 11.3 Å². The second-order valence-corrected chi connectivity index (χ2v) is 4.92. The maximum atomic E-state index is 11.3. The van der Waals surface area contributed by atoms with Gasteiger partial charge < -0.3 is 9.84 Å². The molecule has 0 spiro atoms. The Morgan fingerprint density at radius 3 is 2.72 bits per heavy atom. The highest BCUT2D eigenvalue weighted by Gasteiger charge is 2.18. The van der Waals surface area contributed by atoms with Crippen molar-refractivity contribution in [2.75, 3.05) is 11.9 Å². The van der Waals surface area contributed by atoms with Crippen LogP contribution in [0.3, 0.4) is 0 Å². The maximum Gasteiger partial charge on any atom is 0.412 e. The van der Waals surface area contributed by atoms with Crippen LogP contribution in [0.25, 0.3) is 0 Å².